The monoisotopic (exact) mass is 284 g/mol. The number of carbonyl (C=O) groups is 1. The lowest BCUT2D eigenvalue weighted by Gasteiger charge is -2.09. The average molecular weight is 284 g/mol. The van der Waals surface area contributed by atoms with Crippen LogP contribution >= 0.6 is 0 Å². The van der Waals surface area contributed by atoms with Crippen LogP contribution in [-0.4, -0.2) is 6.03 Å². The summed E-state index contributed by atoms with van der Waals surface area (Å²) in [6.45, 7) is 0. The second-order valence-electron chi connectivity index (χ2n) is 3.81. The van der Waals surface area contributed by atoms with Crippen molar-refractivity contribution >= 4 is 17.4 Å². The average Bonchev–Trinajstić information content (AvgIpc) is 2.42. The summed E-state index contributed by atoms with van der Waals surface area (Å²) in [5, 5.41) is 4.30. The number of hydrogen-bond acceptors (Lipinski definition) is 1. The lowest BCUT2D eigenvalue weighted by molar-refractivity contribution is 0.262. The Morgan fingerprint density at radius 1 is 0.800 bits per heavy atom. The Morgan fingerprint density at radius 2 is 1.45 bits per heavy atom. The minimum absolute atomic E-state index is 0.256. The van der Waals surface area contributed by atoms with E-state index in [4.69, 9.17) is 0 Å². The molecule has 0 aliphatic carbocycles. The molecule has 0 aliphatic rings. The van der Waals surface area contributed by atoms with Gasteiger partial charge in [-0.05, 0) is 36.4 Å². The van der Waals surface area contributed by atoms with E-state index in [0.29, 0.717) is 6.07 Å². The number of amides is 2. The number of rotatable bonds is 2. The third kappa shape index (κ3) is 3.05. The predicted molar refractivity (Wildman–Crippen MR) is 65.4 cm³/mol. The minimum Gasteiger partial charge on any atom is -0.308 e. The summed E-state index contributed by atoms with van der Waals surface area (Å²) >= 11 is 0. The molecule has 20 heavy (non-hydrogen) atoms. The molecule has 0 saturated carbocycles. The minimum atomic E-state index is -1.68. The van der Waals surface area contributed by atoms with Crippen LogP contribution in [0.3, 0.4) is 0 Å². The first kappa shape index (κ1) is 13.9. The molecule has 2 aromatic rings. The van der Waals surface area contributed by atoms with Gasteiger partial charge in [-0.15, -0.1) is 0 Å². The molecule has 0 aromatic heterocycles. The number of anilines is 2. The number of halogens is 4. The summed E-state index contributed by atoms with van der Waals surface area (Å²) in [5.74, 6) is -5.02. The Hall–Kier alpha value is -2.57. The van der Waals surface area contributed by atoms with Crippen molar-refractivity contribution in [2.24, 2.45) is 0 Å². The van der Waals surface area contributed by atoms with Gasteiger partial charge in [0.15, 0.2) is 17.5 Å². The molecular weight excluding hydrogens is 276 g/mol. The Labute approximate surface area is 111 Å². The van der Waals surface area contributed by atoms with E-state index in [1.807, 2.05) is 5.32 Å². The molecule has 0 unspecified atom stereocenters. The molecule has 0 atom stereocenters. The number of nitrogens with one attached hydrogen (secondary N) is 2. The first-order valence-electron chi connectivity index (χ1n) is 5.44. The van der Waals surface area contributed by atoms with Crippen LogP contribution in [-0.2, 0) is 0 Å². The molecule has 2 N–H and O–H groups in total. The van der Waals surface area contributed by atoms with Gasteiger partial charge in [0.1, 0.15) is 5.82 Å². The SMILES string of the molecule is O=C(Nc1ccc(F)cc1)Nc1ccc(F)c(F)c1F. The van der Waals surface area contributed by atoms with Crippen molar-refractivity contribution in [2.75, 3.05) is 10.6 Å². The molecule has 2 rings (SSSR count). The van der Waals surface area contributed by atoms with Crippen molar-refractivity contribution in [3.8, 4) is 0 Å². The highest BCUT2D eigenvalue weighted by molar-refractivity contribution is 5.99. The van der Waals surface area contributed by atoms with Gasteiger partial charge in [0, 0.05) is 5.69 Å². The Kier molecular flexibility index (Phi) is 3.88. The molecular formula is C13H8F4N2O. The zero-order valence-electron chi connectivity index (χ0n) is 9.88. The van der Waals surface area contributed by atoms with Crippen LogP contribution in [0.25, 0.3) is 0 Å². The van der Waals surface area contributed by atoms with Crippen LogP contribution in [0.1, 0.15) is 0 Å². The highest BCUT2D eigenvalue weighted by Gasteiger charge is 2.15. The maximum absolute atomic E-state index is 13.3. The molecule has 0 fully saturated rings. The summed E-state index contributed by atoms with van der Waals surface area (Å²) < 4.78 is 51.6. The molecule has 7 heteroatoms. The van der Waals surface area contributed by atoms with E-state index in [1.54, 1.807) is 0 Å². The summed E-state index contributed by atoms with van der Waals surface area (Å²) in [5.41, 5.74) is -0.254. The van der Waals surface area contributed by atoms with Gasteiger partial charge >= 0.3 is 6.03 Å². The lowest BCUT2D eigenvalue weighted by atomic mass is 10.3. The number of hydrogen-bond donors (Lipinski definition) is 2. The highest BCUT2D eigenvalue weighted by atomic mass is 19.2. The van der Waals surface area contributed by atoms with E-state index >= 15 is 0 Å². The maximum Gasteiger partial charge on any atom is 0.323 e. The Balaban J connectivity index is 2.08. The van der Waals surface area contributed by atoms with Crippen LogP contribution in [0, 0.1) is 23.3 Å². The van der Waals surface area contributed by atoms with Crippen molar-refractivity contribution in [3.05, 3.63) is 59.7 Å². The fourth-order valence-electron chi connectivity index (χ4n) is 1.44. The third-order valence-electron chi connectivity index (χ3n) is 2.39. The molecule has 0 aliphatic heterocycles. The summed E-state index contributed by atoms with van der Waals surface area (Å²) in [6, 6.07) is 5.51. The smallest absolute Gasteiger partial charge is 0.308 e. The van der Waals surface area contributed by atoms with Crippen LogP contribution in [0.4, 0.5) is 33.7 Å². The Morgan fingerprint density at radius 3 is 2.10 bits per heavy atom. The normalized spacial score (nSPS) is 10.2. The van der Waals surface area contributed by atoms with E-state index in [-0.39, 0.29) is 5.69 Å². The van der Waals surface area contributed by atoms with Gasteiger partial charge in [-0.3, -0.25) is 0 Å². The fraction of sp³-hybridized carbons (Fsp3) is 0. The number of carbonyl (C=O) groups excluding carboxylic acids is 1. The maximum atomic E-state index is 13.3. The van der Waals surface area contributed by atoms with Crippen LogP contribution in [0.5, 0.6) is 0 Å². The fourth-order valence-corrected chi connectivity index (χ4v) is 1.44. The highest BCUT2D eigenvalue weighted by Crippen LogP contribution is 2.19. The van der Waals surface area contributed by atoms with Crippen LogP contribution in [0.15, 0.2) is 36.4 Å². The zero-order chi connectivity index (χ0) is 14.7. The Bertz CT molecular complexity index is 644. The van der Waals surface area contributed by atoms with E-state index in [9.17, 15) is 22.4 Å². The van der Waals surface area contributed by atoms with E-state index in [0.717, 1.165) is 18.2 Å². The first-order valence-corrected chi connectivity index (χ1v) is 5.44. The zero-order valence-corrected chi connectivity index (χ0v) is 9.88. The standard InChI is InChI=1S/C13H8F4N2O/c14-7-1-3-8(4-2-7)18-13(20)19-10-6-5-9(15)11(16)12(10)17/h1-6H,(H2,18,19,20). The van der Waals surface area contributed by atoms with Crippen LogP contribution < -0.4 is 10.6 Å². The van der Waals surface area contributed by atoms with Gasteiger partial charge in [0.25, 0.3) is 0 Å². The lowest BCUT2D eigenvalue weighted by Crippen LogP contribution is -2.20. The summed E-state index contributed by atoms with van der Waals surface area (Å²) in [4.78, 5) is 11.5. The van der Waals surface area contributed by atoms with E-state index in [2.05, 4.69) is 5.32 Å². The van der Waals surface area contributed by atoms with Gasteiger partial charge in [0.2, 0.25) is 0 Å². The quantitative estimate of drug-likeness (QED) is 0.637. The topological polar surface area (TPSA) is 41.1 Å². The van der Waals surface area contributed by atoms with Crippen molar-refractivity contribution in [3.63, 3.8) is 0 Å². The van der Waals surface area contributed by atoms with Crippen molar-refractivity contribution in [1.29, 1.82) is 0 Å². The molecule has 0 heterocycles. The van der Waals surface area contributed by atoms with Crippen molar-refractivity contribution in [2.45, 2.75) is 0 Å². The van der Waals surface area contributed by atoms with E-state index in [1.165, 1.54) is 12.1 Å². The second kappa shape index (κ2) is 5.60. The van der Waals surface area contributed by atoms with Gasteiger partial charge < -0.3 is 10.6 Å². The molecule has 3 nitrogen and oxygen atoms in total. The van der Waals surface area contributed by atoms with Crippen molar-refractivity contribution < 1.29 is 22.4 Å². The van der Waals surface area contributed by atoms with Crippen LogP contribution in [0.2, 0.25) is 0 Å². The molecule has 0 radical (unpaired) electrons. The first-order chi connectivity index (χ1) is 9.47. The van der Waals surface area contributed by atoms with Gasteiger partial charge in [-0.1, -0.05) is 0 Å². The van der Waals surface area contributed by atoms with Gasteiger partial charge in [-0.2, -0.15) is 0 Å². The van der Waals surface area contributed by atoms with Gasteiger partial charge in [-0.25, -0.2) is 22.4 Å². The predicted octanol–water partition coefficient (Wildman–Crippen LogP) is 3.89. The molecule has 0 saturated heterocycles. The molecule has 0 spiro atoms. The molecule has 2 amide bonds. The molecule has 2 aromatic carbocycles. The molecule has 0 bridgehead atoms. The van der Waals surface area contributed by atoms with Gasteiger partial charge in [0.05, 0.1) is 5.69 Å². The third-order valence-corrected chi connectivity index (χ3v) is 2.39. The summed E-state index contributed by atoms with van der Waals surface area (Å²) in [7, 11) is 0. The second-order valence-corrected chi connectivity index (χ2v) is 3.81. The van der Waals surface area contributed by atoms with E-state index < -0.39 is 35.0 Å². The summed E-state index contributed by atoms with van der Waals surface area (Å²) in [6.07, 6.45) is 0. The number of benzene rings is 2. The number of urea groups is 1. The molecule has 104 valence electrons. The van der Waals surface area contributed by atoms with Crippen molar-refractivity contribution in [1.82, 2.24) is 0 Å². The largest absolute Gasteiger partial charge is 0.323 e.